The summed E-state index contributed by atoms with van der Waals surface area (Å²) in [5, 5.41) is 0. The van der Waals surface area contributed by atoms with Crippen LogP contribution >= 0.6 is 0 Å². The van der Waals surface area contributed by atoms with Crippen molar-refractivity contribution < 1.29 is 8.78 Å². The second-order valence-corrected chi connectivity index (χ2v) is 4.29. The molecule has 1 atom stereocenters. The van der Waals surface area contributed by atoms with Gasteiger partial charge in [0.15, 0.2) is 0 Å². The summed E-state index contributed by atoms with van der Waals surface area (Å²) in [5.74, 6) is -3.01. The molecule has 0 radical (unpaired) electrons. The third-order valence-electron chi connectivity index (χ3n) is 3.28. The van der Waals surface area contributed by atoms with Crippen LogP contribution in [0.15, 0.2) is 0 Å². The van der Waals surface area contributed by atoms with E-state index in [1.165, 1.54) is 0 Å². The van der Waals surface area contributed by atoms with Gasteiger partial charge in [0.05, 0.1) is 0 Å². The normalized spacial score (nSPS) is 37.8. The minimum absolute atomic E-state index is 0.0522. The van der Waals surface area contributed by atoms with Crippen LogP contribution in [-0.4, -0.2) is 11.5 Å². The molecular weight excluding hydrogens is 160 g/mol. The maximum absolute atomic E-state index is 13.3. The Morgan fingerprint density at radius 1 is 1.08 bits per heavy atom. The average molecular weight is 175 g/mol. The highest BCUT2D eigenvalue weighted by molar-refractivity contribution is 5.08. The van der Waals surface area contributed by atoms with E-state index in [4.69, 9.17) is 5.73 Å². The van der Waals surface area contributed by atoms with Gasteiger partial charge < -0.3 is 5.73 Å². The fourth-order valence-electron chi connectivity index (χ4n) is 2.30. The van der Waals surface area contributed by atoms with Crippen LogP contribution in [-0.2, 0) is 0 Å². The summed E-state index contributed by atoms with van der Waals surface area (Å²) in [5.41, 5.74) is 5.32. The maximum atomic E-state index is 13.3. The quantitative estimate of drug-likeness (QED) is 0.650. The van der Waals surface area contributed by atoms with Crippen molar-refractivity contribution in [2.24, 2.45) is 11.7 Å². The lowest BCUT2D eigenvalue weighted by molar-refractivity contribution is -0.0977. The fourth-order valence-corrected chi connectivity index (χ4v) is 2.30. The fraction of sp³-hybridized carbons (Fsp3) is 1.00. The van der Waals surface area contributed by atoms with Gasteiger partial charge in [-0.2, -0.15) is 0 Å². The number of rotatable bonds is 1. The summed E-state index contributed by atoms with van der Waals surface area (Å²) >= 11 is 0. The highest BCUT2D eigenvalue weighted by Crippen LogP contribution is 2.52. The number of halogens is 2. The van der Waals surface area contributed by atoms with Crippen LogP contribution in [0.1, 0.15) is 38.5 Å². The van der Waals surface area contributed by atoms with Crippen molar-refractivity contribution in [3.8, 4) is 0 Å². The van der Waals surface area contributed by atoms with Crippen LogP contribution in [0.5, 0.6) is 0 Å². The minimum Gasteiger partial charge on any atom is -0.325 e. The van der Waals surface area contributed by atoms with Crippen molar-refractivity contribution in [3.63, 3.8) is 0 Å². The van der Waals surface area contributed by atoms with Gasteiger partial charge in [-0.15, -0.1) is 0 Å². The zero-order chi connectivity index (χ0) is 8.82. The third-order valence-corrected chi connectivity index (χ3v) is 3.28. The molecule has 2 aliphatic rings. The first kappa shape index (κ1) is 8.42. The van der Waals surface area contributed by atoms with Crippen LogP contribution in [0.25, 0.3) is 0 Å². The highest BCUT2D eigenvalue weighted by Gasteiger charge is 2.57. The summed E-state index contributed by atoms with van der Waals surface area (Å²) in [6, 6.07) is 0. The monoisotopic (exact) mass is 175 g/mol. The highest BCUT2D eigenvalue weighted by atomic mass is 19.3. The summed E-state index contributed by atoms with van der Waals surface area (Å²) in [4.78, 5) is 0. The Balaban J connectivity index is 2.11. The van der Waals surface area contributed by atoms with E-state index in [-0.39, 0.29) is 6.42 Å². The molecule has 2 aliphatic carbocycles. The Kier molecular flexibility index (Phi) is 1.69. The predicted octanol–water partition coefficient (Wildman–Crippen LogP) is 2.30. The first-order valence-corrected chi connectivity index (χ1v) is 4.71. The van der Waals surface area contributed by atoms with Gasteiger partial charge in [0.25, 0.3) is 5.92 Å². The van der Waals surface area contributed by atoms with Crippen LogP contribution in [0.2, 0.25) is 0 Å². The molecule has 0 aromatic carbocycles. The van der Waals surface area contributed by atoms with Crippen molar-refractivity contribution >= 4 is 0 Å². The zero-order valence-electron chi connectivity index (χ0n) is 7.15. The standard InChI is InChI=1S/C9H15F2N/c10-9(11)4-2-1-3-7(9)8(12)5-6-8/h7H,1-6,12H2. The van der Waals surface area contributed by atoms with Gasteiger partial charge in [-0.05, 0) is 25.7 Å². The van der Waals surface area contributed by atoms with Gasteiger partial charge >= 0.3 is 0 Å². The van der Waals surface area contributed by atoms with E-state index in [1.807, 2.05) is 0 Å². The van der Waals surface area contributed by atoms with Crippen LogP contribution in [0.4, 0.5) is 8.78 Å². The van der Waals surface area contributed by atoms with E-state index in [2.05, 4.69) is 0 Å². The maximum Gasteiger partial charge on any atom is 0.252 e. The van der Waals surface area contributed by atoms with Crippen LogP contribution in [0.3, 0.4) is 0 Å². The average Bonchev–Trinajstić information content (AvgIpc) is 2.67. The molecule has 3 heteroatoms. The smallest absolute Gasteiger partial charge is 0.252 e. The molecule has 1 unspecified atom stereocenters. The van der Waals surface area contributed by atoms with Crippen molar-refractivity contribution in [1.29, 1.82) is 0 Å². The van der Waals surface area contributed by atoms with Gasteiger partial charge in [-0.1, -0.05) is 6.42 Å². The van der Waals surface area contributed by atoms with Gasteiger partial charge in [-0.3, -0.25) is 0 Å². The van der Waals surface area contributed by atoms with Gasteiger partial charge in [0, 0.05) is 17.9 Å². The molecule has 0 saturated heterocycles. The Morgan fingerprint density at radius 2 is 1.75 bits per heavy atom. The van der Waals surface area contributed by atoms with Gasteiger partial charge in [0.2, 0.25) is 0 Å². The molecule has 0 aromatic heterocycles. The minimum atomic E-state index is -2.48. The number of hydrogen-bond acceptors (Lipinski definition) is 1. The molecule has 0 heterocycles. The zero-order valence-corrected chi connectivity index (χ0v) is 7.15. The van der Waals surface area contributed by atoms with Crippen molar-refractivity contribution in [2.75, 3.05) is 0 Å². The first-order chi connectivity index (χ1) is 5.55. The molecule has 70 valence electrons. The Hall–Kier alpha value is -0.180. The molecule has 2 fully saturated rings. The largest absolute Gasteiger partial charge is 0.325 e. The van der Waals surface area contributed by atoms with E-state index in [0.29, 0.717) is 12.8 Å². The molecule has 12 heavy (non-hydrogen) atoms. The van der Waals surface area contributed by atoms with Crippen molar-refractivity contribution in [2.45, 2.75) is 50.0 Å². The molecule has 0 aromatic rings. The van der Waals surface area contributed by atoms with Gasteiger partial charge in [-0.25, -0.2) is 8.78 Å². The van der Waals surface area contributed by atoms with Crippen molar-refractivity contribution in [1.82, 2.24) is 0 Å². The Labute approximate surface area is 71.3 Å². The summed E-state index contributed by atoms with van der Waals surface area (Å²) in [7, 11) is 0. The van der Waals surface area contributed by atoms with E-state index >= 15 is 0 Å². The predicted molar refractivity (Wildman–Crippen MR) is 43.1 cm³/mol. The second kappa shape index (κ2) is 2.41. The molecule has 0 aliphatic heterocycles. The third kappa shape index (κ3) is 1.24. The molecule has 0 bridgehead atoms. The summed E-state index contributed by atoms with van der Waals surface area (Å²) < 4.78 is 26.6. The van der Waals surface area contributed by atoms with Crippen molar-refractivity contribution in [3.05, 3.63) is 0 Å². The SMILES string of the molecule is NC1(C2CCCCC2(F)F)CC1. The lowest BCUT2D eigenvalue weighted by Crippen LogP contribution is -2.46. The molecule has 2 rings (SSSR count). The summed E-state index contributed by atoms with van der Waals surface area (Å²) in [6.45, 7) is 0. The molecular formula is C9H15F2N. The van der Waals surface area contributed by atoms with E-state index < -0.39 is 17.4 Å². The molecule has 0 spiro atoms. The molecule has 2 N–H and O–H groups in total. The lowest BCUT2D eigenvalue weighted by atomic mass is 9.79. The van der Waals surface area contributed by atoms with Crippen LogP contribution in [0, 0.1) is 5.92 Å². The van der Waals surface area contributed by atoms with Gasteiger partial charge in [0.1, 0.15) is 0 Å². The first-order valence-electron chi connectivity index (χ1n) is 4.71. The van der Waals surface area contributed by atoms with Crippen LogP contribution < -0.4 is 5.73 Å². The Bertz CT molecular complexity index is 187. The lowest BCUT2D eigenvalue weighted by Gasteiger charge is -2.35. The van der Waals surface area contributed by atoms with E-state index in [9.17, 15) is 8.78 Å². The summed E-state index contributed by atoms with van der Waals surface area (Å²) in [6.07, 6.45) is 3.87. The van der Waals surface area contributed by atoms with E-state index in [1.54, 1.807) is 0 Å². The molecule has 0 amide bonds. The second-order valence-electron chi connectivity index (χ2n) is 4.29. The topological polar surface area (TPSA) is 26.0 Å². The molecule has 1 nitrogen and oxygen atoms in total. The number of hydrogen-bond donors (Lipinski definition) is 1. The number of nitrogens with two attached hydrogens (primary N) is 1. The molecule has 2 saturated carbocycles. The van der Waals surface area contributed by atoms with E-state index in [0.717, 1.165) is 19.3 Å². The Morgan fingerprint density at radius 3 is 2.25 bits per heavy atom. The number of alkyl halides is 2.